The SMILES string of the molecule is CCOc1ccc(-c2c(C)sc3nc(Cl)nc(N(C)C4CCN(C)CC4)c23)cc1. The minimum atomic E-state index is 0.312. The quantitative estimate of drug-likeness (QED) is 0.517. The van der Waals surface area contributed by atoms with Crippen molar-refractivity contribution in [1.82, 2.24) is 14.9 Å². The van der Waals surface area contributed by atoms with Crippen molar-refractivity contribution in [2.45, 2.75) is 32.7 Å². The monoisotopic (exact) mass is 430 g/mol. The lowest BCUT2D eigenvalue weighted by Gasteiger charge is -2.36. The maximum absolute atomic E-state index is 6.33. The minimum absolute atomic E-state index is 0.312. The Morgan fingerprint density at radius 1 is 1.21 bits per heavy atom. The maximum Gasteiger partial charge on any atom is 0.225 e. The lowest BCUT2D eigenvalue weighted by molar-refractivity contribution is 0.252. The summed E-state index contributed by atoms with van der Waals surface area (Å²) in [4.78, 5) is 16.1. The summed E-state index contributed by atoms with van der Waals surface area (Å²) in [7, 11) is 4.32. The van der Waals surface area contributed by atoms with Crippen LogP contribution in [0.5, 0.6) is 5.75 Å². The Hall–Kier alpha value is -1.89. The van der Waals surface area contributed by atoms with E-state index < -0.39 is 0 Å². The van der Waals surface area contributed by atoms with Gasteiger partial charge in [-0.2, -0.15) is 4.98 Å². The fourth-order valence-corrected chi connectivity index (χ4v) is 5.37. The maximum atomic E-state index is 6.33. The van der Waals surface area contributed by atoms with Crippen LogP contribution in [-0.2, 0) is 0 Å². The predicted molar refractivity (Wildman–Crippen MR) is 123 cm³/mol. The first-order chi connectivity index (χ1) is 14.0. The van der Waals surface area contributed by atoms with Crippen LogP contribution in [-0.4, -0.2) is 54.7 Å². The van der Waals surface area contributed by atoms with Crippen LogP contribution < -0.4 is 9.64 Å². The third-order valence-electron chi connectivity index (χ3n) is 5.71. The summed E-state index contributed by atoms with van der Waals surface area (Å²) in [6.07, 6.45) is 2.25. The second-order valence-electron chi connectivity index (χ2n) is 7.63. The molecule has 154 valence electrons. The van der Waals surface area contributed by atoms with Crippen molar-refractivity contribution >= 4 is 39.0 Å². The molecule has 4 rings (SSSR count). The Kier molecular flexibility index (Phi) is 5.95. The van der Waals surface area contributed by atoms with Crippen molar-refractivity contribution < 1.29 is 4.74 Å². The molecule has 1 saturated heterocycles. The number of anilines is 1. The fourth-order valence-electron chi connectivity index (χ4n) is 4.11. The Morgan fingerprint density at radius 3 is 2.55 bits per heavy atom. The topological polar surface area (TPSA) is 41.5 Å². The molecule has 0 N–H and O–H groups in total. The molecular weight excluding hydrogens is 404 g/mol. The summed E-state index contributed by atoms with van der Waals surface area (Å²) < 4.78 is 5.61. The van der Waals surface area contributed by atoms with Gasteiger partial charge in [-0.3, -0.25) is 0 Å². The highest BCUT2D eigenvalue weighted by molar-refractivity contribution is 7.19. The second kappa shape index (κ2) is 8.46. The minimum Gasteiger partial charge on any atom is -0.494 e. The number of fused-ring (bicyclic) bond motifs is 1. The number of aromatic nitrogens is 2. The van der Waals surface area contributed by atoms with Gasteiger partial charge in [0.25, 0.3) is 0 Å². The number of halogens is 1. The molecule has 3 heterocycles. The van der Waals surface area contributed by atoms with Crippen LogP contribution in [0.2, 0.25) is 5.28 Å². The molecule has 1 aliphatic rings. The predicted octanol–water partition coefficient (Wildman–Crippen LogP) is 5.25. The lowest BCUT2D eigenvalue weighted by atomic mass is 10.0. The fraction of sp³-hybridized carbons (Fsp3) is 0.455. The van der Waals surface area contributed by atoms with Crippen LogP contribution >= 0.6 is 22.9 Å². The number of aryl methyl sites for hydroxylation is 1. The molecule has 1 aliphatic heterocycles. The van der Waals surface area contributed by atoms with E-state index in [4.69, 9.17) is 21.3 Å². The highest BCUT2D eigenvalue weighted by Crippen LogP contribution is 2.43. The first-order valence-electron chi connectivity index (χ1n) is 10.1. The Balaban J connectivity index is 1.80. The van der Waals surface area contributed by atoms with Gasteiger partial charge >= 0.3 is 0 Å². The number of nitrogens with zero attached hydrogens (tertiary/aromatic N) is 4. The van der Waals surface area contributed by atoms with Crippen LogP contribution in [0.1, 0.15) is 24.6 Å². The number of hydrogen-bond donors (Lipinski definition) is 0. The van der Waals surface area contributed by atoms with E-state index in [9.17, 15) is 0 Å². The number of rotatable bonds is 5. The van der Waals surface area contributed by atoms with Crippen molar-refractivity contribution in [2.24, 2.45) is 0 Å². The molecule has 5 nitrogen and oxygen atoms in total. The van der Waals surface area contributed by atoms with E-state index in [0.717, 1.165) is 53.3 Å². The van der Waals surface area contributed by atoms with Crippen molar-refractivity contribution in [3.8, 4) is 16.9 Å². The number of likely N-dealkylation sites (tertiary alicyclic amines) is 1. The van der Waals surface area contributed by atoms with Crippen molar-refractivity contribution in [3.63, 3.8) is 0 Å². The average molecular weight is 431 g/mol. The third-order valence-corrected chi connectivity index (χ3v) is 6.87. The molecular formula is C22H27ClN4OS. The molecule has 0 unspecified atom stereocenters. The van der Waals surface area contributed by atoms with Crippen molar-refractivity contribution in [1.29, 1.82) is 0 Å². The van der Waals surface area contributed by atoms with Gasteiger partial charge < -0.3 is 14.5 Å². The molecule has 7 heteroatoms. The molecule has 29 heavy (non-hydrogen) atoms. The van der Waals surface area contributed by atoms with Crippen molar-refractivity contribution in [2.75, 3.05) is 38.7 Å². The average Bonchev–Trinajstić information content (AvgIpc) is 3.03. The van der Waals surface area contributed by atoms with Crippen LogP contribution in [0.4, 0.5) is 5.82 Å². The van der Waals surface area contributed by atoms with Gasteiger partial charge in [0.15, 0.2) is 0 Å². The molecule has 0 atom stereocenters. The molecule has 0 aliphatic carbocycles. The molecule has 1 fully saturated rings. The number of hydrogen-bond acceptors (Lipinski definition) is 6. The summed E-state index contributed by atoms with van der Waals surface area (Å²) in [5.74, 6) is 1.82. The van der Waals surface area contributed by atoms with E-state index in [2.05, 4.69) is 47.9 Å². The van der Waals surface area contributed by atoms with Gasteiger partial charge in [0, 0.05) is 23.5 Å². The van der Waals surface area contributed by atoms with Crippen LogP contribution in [0, 0.1) is 6.92 Å². The van der Waals surface area contributed by atoms with Crippen molar-refractivity contribution in [3.05, 3.63) is 34.4 Å². The summed E-state index contributed by atoms with van der Waals surface area (Å²) in [6.45, 7) is 7.01. The number of ether oxygens (including phenoxy) is 1. The summed E-state index contributed by atoms with van der Waals surface area (Å²) >= 11 is 8.01. The lowest BCUT2D eigenvalue weighted by Crippen LogP contribution is -2.42. The number of benzene rings is 1. The van der Waals surface area contributed by atoms with Gasteiger partial charge in [-0.25, -0.2) is 4.98 Å². The van der Waals surface area contributed by atoms with Gasteiger partial charge in [-0.1, -0.05) is 12.1 Å². The van der Waals surface area contributed by atoms with Crippen LogP contribution in [0.15, 0.2) is 24.3 Å². The first kappa shape index (κ1) is 20.4. The summed E-state index contributed by atoms with van der Waals surface area (Å²) in [5.41, 5.74) is 2.35. The zero-order valence-corrected chi connectivity index (χ0v) is 19.0. The molecule has 0 saturated carbocycles. The van der Waals surface area contributed by atoms with E-state index >= 15 is 0 Å². The van der Waals surface area contributed by atoms with E-state index in [-0.39, 0.29) is 0 Å². The Bertz CT molecular complexity index is 996. The largest absolute Gasteiger partial charge is 0.494 e. The van der Waals surface area contributed by atoms with E-state index in [1.165, 1.54) is 10.4 Å². The molecule has 0 bridgehead atoms. The Morgan fingerprint density at radius 2 is 1.90 bits per heavy atom. The van der Waals surface area contributed by atoms with Gasteiger partial charge in [-0.05, 0) is 76.1 Å². The summed E-state index contributed by atoms with van der Waals surface area (Å²) in [5, 5.41) is 1.41. The first-order valence-corrected chi connectivity index (χ1v) is 11.3. The highest BCUT2D eigenvalue weighted by Gasteiger charge is 2.26. The van der Waals surface area contributed by atoms with Crippen LogP contribution in [0.3, 0.4) is 0 Å². The number of piperidine rings is 1. The molecule has 3 aromatic rings. The van der Waals surface area contributed by atoms with Crippen LogP contribution in [0.25, 0.3) is 21.3 Å². The molecule has 0 spiro atoms. The molecule has 2 aromatic heterocycles. The Labute approximate surface area is 181 Å². The third kappa shape index (κ3) is 4.06. The smallest absolute Gasteiger partial charge is 0.225 e. The molecule has 1 aromatic carbocycles. The summed E-state index contributed by atoms with van der Waals surface area (Å²) in [6, 6.07) is 8.74. The molecule has 0 radical (unpaired) electrons. The molecule has 0 amide bonds. The van der Waals surface area contributed by atoms with E-state index in [1.54, 1.807) is 11.3 Å². The van der Waals surface area contributed by atoms with Gasteiger partial charge in [0.05, 0.1) is 12.0 Å². The number of thiophene rings is 1. The van der Waals surface area contributed by atoms with Gasteiger partial charge in [0.1, 0.15) is 16.4 Å². The normalized spacial score (nSPS) is 15.8. The standard InChI is InChI=1S/C22H27ClN4OS/c1-5-28-17-8-6-15(7-9-17)18-14(2)29-21-19(18)20(24-22(23)25-21)27(4)16-10-12-26(3)13-11-16/h6-9,16H,5,10-13H2,1-4H3. The van der Waals surface area contributed by atoms with Gasteiger partial charge in [0.2, 0.25) is 5.28 Å². The van der Waals surface area contributed by atoms with E-state index in [1.807, 2.05) is 19.1 Å². The van der Waals surface area contributed by atoms with Gasteiger partial charge in [-0.15, -0.1) is 11.3 Å². The highest BCUT2D eigenvalue weighted by atomic mass is 35.5. The zero-order chi connectivity index (χ0) is 20.5. The second-order valence-corrected chi connectivity index (χ2v) is 9.17. The van der Waals surface area contributed by atoms with E-state index in [0.29, 0.717) is 17.9 Å². The zero-order valence-electron chi connectivity index (χ0n) is 17.4.